The molecule has 126 valence electrons. The Balaban J connectivity index is 1.78. The van der Waals surface area contributed by atoms with Crippen molar-refractivity contribution in [3.05, 3.63) is 59.3 Å². The molecule has 0 saturated carbocycles. The highest BCUT2D eigenvalue weighted by molar-refractivity contribution is 7.86. The lowest BCUT2D eigenvalue weighted by Crippen LogP contribution is -2.37. The third-order valence-electron chi connectivity index (χ3n) is 3.30. The summed E-state index contributed by atoms with van der Waals surface area (Å²) in [6, 6.07) is 13.8. The minimum atomic E-state index is -4.13. The minimum absolute atomic E-state index is 0.0167. The maximum absolute atomic E-state index is 12.4. The smallest absolute Gasteiger partial charge is 0.299 e. The van der Waals surface area contributed by atoms with Crippen molar-refractivity contribution >= 4 is 32.2 Å². The van der Waals surface area contributed by atoms with Gasteiger partial charge in [-0.15, -0.1) is 11.3 Å². The maximum atomic E-state index is 12.4. The van der Waals surface area contributed by atoms with Crippen LogP contribution in [0, 0.1) is 0 Å². The van der Waals surface area contributed by atoms with E-state index in [0.717, 1.165) is 10.8 Å². The fourth-order valence-electron chi connectivity index (χ4n) is 2.18. The number of benzene rings is 2. The van der Waals surface area contributed by atoms with Crippen molar-refractivity contribution in [2.75, 3.05) is 6.61 Å². The Morgan fingerprint density at radius 1 is 1.12 bits per heavy atom. The van der Waals surface area contributed by atoms with E-state index in [1.54, 1.807) is 17.5 Å². The molecule has 3 aromatic rings. The van der Waals surface area contributed by atoms with Gasteiger partial charge in [-0.3, -0.25) is 0 Å². The highest BCUT2D eigenvalue weighted by Gasteiger charge is 2.31. The summed E-state index contributed by atoms with van der Waals surface area (Å²) < 4.78 is 35.1. The summed E-state index contributed by atoms with van der Waals surface area (Å²) in [5.74, 6) is -1.43. The first-order chi connectivity index (χ1) is 11.4. The van der Waals surface area contributed by atoms with Gasteiger partial charge in [-0.05, 0) is 41.3 Å². The predicted octanol–water partition coefficient (Wildman–Crippen LogP) is 3.39. The standard InChI is InChI=1S/C17H16O5S2/c1-17(18,12-21-15-8-9-23-11-15)22-24(19,20)16-7-6-13-4-2-3-5-14(13)10-16/h2-11,18H,12H2,1H3. The van der Waals surface area contributed by atoms with Crippen LogP contribution in [0.5, 0.6) is 5.75 Å². The molecule has 0 amide bonds. The van der Waals surface area contributed by atoms with Gasteiger partial charge < -0.3 is 9.84 Å². The lowest BCUT2D eigenvalue weighted by Gasteiger charge is -2.22. The summed E-state index contributed by atoms with van der Waals surface area (Å²) in [4.78, 5) is -0.0167. The molecule has 1 heterocycles. The number of ether oxygens (including phenoxy) is 1. The Morgan fingerprint density at radius 2 is 1.88 bits per heavy atom. The van der Waals surface area contributed by atoms with E-state index in [0.29, 0.717) is 5.75 Å². The summed E-state index contributed by atoms with van der Waals surface area (Å²) in [6.45, 7) is 0.939. The molecule has 0 aliphatic rings. The second-order valence-corrected chi connectivity index (χ2v) is 7.80. The minimum Gasteiger partial charge on any atom is -0.487 e. The SMILES string of the molecule is CC(O)(COc1ccsc1)OS(=O)(=O)c1ccc2ccccc2c1. The van der Waals surface area contributed by atoms with Gasteiger partial charge in [-0.2, -0.15) is 8.42 Å². The molecular weight excluding hydrogens is 348 g/mol. The van der Waals surface area contributed by atoms with Gasteiger partial charge in [-0.25, -0.2) is 4.18 Å². The third-order valence-corrected chi connectivity index (χ3v) is 5.37. The van der Waals surface area contributed by atoms with Gasteiger partial charge in [0.05, 0.1) is 4.90 Å². The van der Waals surface area contributed by atoms with Crippen LogP contribution in [0.1, 0.15) is 6.92 Å². The normalized spacial score (nSPS) is 14.4. The molecule has 7 heteroatoms. The molecule has 1 N–H and O–H groups in total. The molecule has 3 rings (SSSR count). The Morgan fingerprint density at radius 3 is 2.58 bits per heavy atom. The van der Waals surface area contributed by atoms with Gasteiger partial charge in [0, 0.05) is 5.38 Å². The zero-order valence-corrected chi connectivity index (χ0v) is 14.5. The second-order valence-electron chi connectivity index (χ2n) is 5.47. The van der Waals surface area contributed by atoms with Crippen LogP contribution in [-0.2, 0) is 14.3 Å². The van der Waals surface area contributed by atoms with Gasteiger partial charge in [0.25, 0.3) is 10.1 Å². The molecule has 0 saturated heterocycles. The number of rotatable bonds is 6. The predicted molar refractivity (Wildman–Crippen MR) is 92.7 cm³/mol. The number of hydrogen-bond donors (Lipinski definition) is 1. The topological polar surface area (TPSA) is 72.8 Å². The molecule has 1 aromatic heterocycles. The first-order valence-corrected chi connectivity index (χ1v) is 9.53. The van der Waals surface area contributed by atoms with Gasteiger partial charge in [-0.1, -0.05) is 30.3 Å². The Kier molecular flexibility index (Phi) is 4.60. The first kappa shape index (κ1) is 16.9. The average molecular weight is 364 g/mol. The van der Waals surface area contributed by atoms with Crippen LogP contribution in [0.15, 0.2) is 64.2 Å². The number of aliphatic hydroxyl groups is 1. The number of hydrogen-bond acceptors (Lipinski definition) is 6. The fourth-order valence-corrected chi connectivity index (χ4v) is 3.88. The van der Waals surface area contributed by atoms with Crippen molar-refractivity contribution in [2.24, 2.45) is 0 Å². The average Bonchev–Trinajstić information content (AvgIpc) is 3.05. The largest absolute Gasteiger partial charge is 0.487 e. The van der Waals surface area contributed by atoms with Crippen LogP contribution in [0.2, 0.25) is 0 Å². The lowest BCUT2D eigenvalue weighted by atomic mass is 10.1. The Labute approximate surface area is 144 Å². The highest BCUT2D eigenvalue weighted by Crippen LogP contribution is 2.24. The van der Waals surface area contributed by atoms with E-state index < -0.39 is 15.9 Å². The first-order valence-electron chi connectivity index (χ1n) is 7.18. The molecule has 0 aliphatic carbocycles. The van der Waals surface area contributed by atoms with E-state index in [1.165, 1.54) is 30.4 Å². The molecule has 24 heavy (non-hydrogen) atoms. The van der Waals surface area contributed by atoms with E-state index >= 15 is 0 Å². The molecule has 0 fully saturated rings. The van der Waals surface area contributed by atoms with Crippen molar-refractivity contribution in [1.29, 1.82) is 0 Å². The van der Waals surface area contributed by atoms with Gasteiger partial charge in [0.2, 0.25) is 5.79 Å². The molecule has 0 spiro atoms. The monoisotopic (exact) mass is 364 g/mol. The zero-order valence-electron chi connectivity index (χ0n) is 12.9. The molecule has 1 unspecified atom stereocenters. The van der Waals surface area contributed by atoms with E-state index in [1.807, 2.05) is 29.6 Å². The quantitative estimate of drug-likeness (QED) is 0.536. The molecular formula is C17H16O5S2. The van der Waals surface area contributed by atoms with Crippen LogP contribution in [-0.4, -0.2) is 25.9 Å². The summed E-state index contributed by atoms with van der Waals surface area (Å²) in [7, 11) is -4.13. The molecule has 5 nitrogen and oxygen atoms in total. The van der Waals surface area contributed by atoms with Crippen molar-refractivity contribution < 1.29 is 22.4 Å². The van der Waals surface area contributed by atoms with Crippen molar-refractivity contribution in [2.45, 2.75) is 17.6 Å². The lowest BCUT2D eigenvalue weighted by molar-refractivity contribution is -0.140. The molecule has 0 aliphatic heterocycles. The Hall–Kier alpha value is -1.93. The van der Waals surface area contributed by atoms with E-state index in [2.05, 4.69) is 0 Å². The summed E-state index contributed by atoms with van der Waals surface area (Å²) in [5, 5.41) is 15.5. The highest BCUT2D eigenvalue weighted by atomic mass is 32.2. The van der Waals surface area contributed by atoms with Crippen LogP contribution < -0.4 is 4.74 Å². The molecule has 2 aromatic carbocycles. The van der Waals surface area contributed by atoms with E-state index in [9.17, 15) is 13.5 Å². The summed E-state index contributed by atoms with van der Waals surface area (Å²) in [5.41, 5.74) is 0. The number of fused-ring (bicyclic) bond motifs is 1. The van der Waals surface area contributed by atoms with Crippen molar-refractivity contribution in [3.63, 3.8) is 0 Å². The van der Waals surface area contributed by atoms with Crippen molar-refractivity contribution in [1.82, 2.24) is 0 Å². The van der Waals surface area contributed by atoms with Crippen LogP contribution >= 0.6 is 11.3 Å². The molecule has 0 radical (unpaired) electrons. The van der Waals surface area contributed by atoms with Crippen molar-refractivity contribution in [3.8, 4) is 5.75 Å². The Bertz CT molecular complexity index is 931. The second kappa shape index (κ2) is 6.52. The van der Waals surface area contributed by atoms with Gasteiger partial charge in [0.15, 0.2) is 0 Å². The van der Waals surface area contributed by atoms with E-state index in [4.69, 9.17) is 8.92 Å². The summed E-state index contributed by atoms with van der Waals surface area (Å²) >= 11 is 1.44. The molecule has 1 atom stereocenters. The van der Waals surface area contributed by atoms with Crippen LogP contribution in [0.25, 0.3) is 10.8 Å². The zero-order chi connectivity index (χ0) is 17.2. The fraction of sp³-hybridized carbons (Fsp3) is 0.176. The van der Waals surface area contributed by atoms with Crippen LogP contribution in [0.3, 0.4) is 0 Å². The van der Waals surface area contributed by atoms with Gasteiger partial charge >= 0.3 is 0 Å². The summed E-state index contributed by atoms with van der Waals surface area (Å²) in [6.07, 6.45) is 0. The van der Waals surface area contributed by atoms with E-state index in [-0.39, 0.29) is 11.5 Å². The maximum Gasteiger partial charge on any atom is 0.299 e. The number of thiophene rings is 1. The van der Waals surface area contributed by atoms with Crippen LogP contribution in [0.4, 0.5) is 0 Å². The third kappa shape index (κ3) is 3.93. The van der Waals surface area contributed by atoms with Gasteiger partial charge in [0.1, 0.15) is 12.4 Å². The molecule has 0 bridgehead atoms.